The van der Waals surface area contributed by atoms with E-state index in [4.69, 9.17) is 5.11 Å². The lowest BCUT2D eigenvalue weighted by Crippen LogP contribution is -2.42. The molecular formula is C11H17N3O3. The molecule has 1 N–H and O–H groups in total. The van der Waals surface area contributed by atoms with Crippen molar-refractivity contribution in [2.75, 3.05) is 7.05 Å². The highest BCUT2D eigenvalue weighted by atomic mass is 16.4. The molecule has 0 bridgehead atoms. The van der Waals surface area contributed by atoms with E-state index >= 15 is 0 Å². The second kappa shape index (κ2) is 4.99. The molecule has 1 heterocycles. The molecule has 1 amide bonds. The number of hydrogen-bond donors (Lipinski definition) is 1. The predicted octanol–water partition coefficient (Wildman–Crippen LogP) is 0.431. The third kappa shape index (κ3) is 3.05. The molecule has 1 rings (SSSR count). The van der Waals surface area contributed by atoms with Crippen LogP contribution in [-0.4, -0.2) is 44.8 Å². The maximum atomic E-state index is 11.8. The Morgan fingerprint density at radius 1 is 1.53 bits per heavy atom. The first kappa shape index (κ1) is 13.2. The zero-order chi connectivity index (χ0) is 13.2. The predicted molar refractivity (Wildman–Crippen MR) is 61.6 cm³/mol. The summed E-state index contributed by atoms with van der Waals surface area (Å²) in [6.45, 7) is 5.24. The molecule has 0 aliphatic carbocycles. The van der Waals surface area contributed by atoms with Crippen LogP contribution in [0, 0.1) is 13.8 Å². The first-order valence-corrected chi connectivity index (χ1v) is 5.32. The summed E-state index contributed by atoms with van der Waals surface area (Å²) in [6.07, 6.45) is 0. The normalized spacial score (nSPS) is 12.2. The van der Waals surface area contributed by atoms with E-state index in [1.54, 1.807) is 4.68 Å². The van der Waals surface area contributed by atoms with Gasteiger partial charge in [-0.3, -0.25) is 9.48 Å². The van der Waals surface area contributed by atoms with Gasteiger partial charge in [0, 0.05) is 12.7 Å². The van der Waals surface area contributed by atoms with Crippen molar-refractivity contribution in [2.24, 2.45) is 0 Å². The van der Waals surface area contributed by atoms with Gasteiger partial charge in [0.25, 0.3) is 0 Å². The molecule has 17 heavy (non-hydrogen) atoms. The van der Waals surface area contributed by atoms with E-state index in [0.29, 0.717) is 0 Å². The molecule has 1 aromatic heterocycles. The molecule has 0 spiro atoms. The summed E-state index contributed by atoms with van der Waals surface area (Å²) in [4.78, 5) is 23.8. The van der Waals surface area contributed by atoms with E-state index < -0.39 is 12.0 Å². The van der Waals surface area contributed by atoms with Crippen LogP contribution in [0.4, 0.5) is 0 Å². The van der Waals surface area contributed by atoms with Crippen LogP contribution in [0.1, 0.15) is 18.3 Å². The number of aromatic nitrogens is 2. The quantitative estimate of drug-likeness (QED) is 0.826. The topological polar surface area (TPSA) is 75.4 Å². The molecule has 6 heteroatoms. The zero-order valence-electron chi connectivity index (χ0n) is 10.5. The van der Waals surface area contributed by atoms with Crippen LogP contribution >= 0.6 is 0 Å². The number of rotatable bonds is 4. The number of likely N-dealkylation sites (N-methyl/N-ethyl adjacent to an activating group) is 1. The van der Waals surface area contributed by atoms with Gasteiger partial charge in [0.1, 0.15) is 12.6 Å². The summed E-state index contributed by atoms with van der Waals surface area (Å²) in [5.41, 5.74) is 1.72. The molecule has 0 saturated heterocycles. The molecule has 1 atom stereocenters. The smallest absolute Gasteiger partial charge is 0.326 e. The van der Waals surface area contributed by atoms with E-state index in [2.05, 4.69) is 5.10 Å². The van der Waals surface area contributed by atoms with Crippen LogP contribution < -0.4 is 0 Å². The minimum absolute atomic E-state index is 0.0633. The summed E-state index contributed by atoms with van der Waals surface area (Å²) in [5.74, 6) is -1.29. The van der Waals surface area contributed by atoms with Crippen molar-refractivity contribution in [1.29, 1.82) is 0 Å². The molecule has 0 saturated carbocycles. The standard InChI is InChI=1S/C11H17N3O3/c1-7-5-8(2)14(12-7)6-10(15)13(4)9(3)11(16)17/h5,9H,6H2,1-4H3,(H,16,17). The van der Waals surface area contributed by atoms with Crippen LogP contribution in [0.2, 0.25) is 0 Å². The van der Waals surface area contributed by atoms with Crippen molar-refractivity contribution in [1.82, 2.24) is 14.7 Å². The van der Waals surface area contributed by atoms with Crippen molar-refractivity contribution in [3.05, 3.63) is 17.5 Å². The highest BCUT2D eigenvalue weighted by Crippen LogP contribution is 2.04. The molecule has 94 valence electrons. The molecule has 0 radical (unpaired) electrons. The number of carboxylic acids is 1. The third-order valence-electron chi connectivity index (χ3n) is 2.72. The lowest BCUT2D eigenvalue weighted by Gasteiger charge is -2.21. The molecular weight excluding hydrogens is 222 g/mol. The SMILES string of the molecule is Cc1cc(C)n(CC(=O)N(C)C(C)C(=O)O)n1. The number of aliphatic carboxylic acids is 1. The summed E-state index contributed by atoms with van der Waals surface area (Å²) in [6, 6.07) is 1.04. The number of carbonyl (C=O) groups excluding carboxylic acids is 1. The van der Waals surface area contributed by atoms with E-state index in [9.17, 15) is 9.59 Å². The fraction of sp³-hybridized carbons (Fsp3) is 0.545. The number of aryl methyl sites for hydroxylation is 2. The Morgan fingerprint density at radius 2 is 2.12 bits per heavy atom. The number of amides is 1. The van der Waals surface area contributed by atoms with Gasteiger partial charge in [-0.15, -0.1) is 0 Å². The Hall–Kier alpha value is -1.85. The Kier molecular flexibility index (Phi) is 3.88. The minimum Gasteiger partial charge on any atom is -0.480 e. The average Bonchev–Trinajstić information content (AvgIpc) is 2.55. The van der Waals surface area contributed by atoms with Gasteiger partial charge in [0.2, 0.25) is 5.91 Å². The van der Waals surface area contributed by atoms with Gasteiger partial charge in [-0.05, 0) is 26.8 Å². The van der Waals surface area contributed by atoms with Gasteiger partial charge in [-0.2, -0.15) is 5.10 Å². The highest BCUT2D eigenvalue weighted by Gasteiger charge is 2.22. The van der Waals surface area contributed by atoms with E-state index in [1.807, 2.05) is 19.9 Å². The van der Waals surface area contributed by atoms with Gasteiger partial charge >= 0.3 is 5.97 Å². The molecule has 1 unspecified atom stereocenters. The Morgan fingerprint density at radius 3 is 2.53 bits per heavy atom. The van der Waals surface area contributed by atoms with Crippen molar-refractivity contribution in [2.45, 2.75) is 33.4 Å². The van der Waals surface area contributed by atoms with Crippen LogP contribution in [0.15, 0.2) is 6.07 Å². The van der Waals surface area contributed by atoms with Crippen LogP contribution in [0.5, 0.6) is 0 Å². The molecule has 0 fully saturated rings. The summed E-state index contributed by atoms with van der Waals surface area (Å²) in [5, 5.41) is 13.0. The van der Waals surface area contributed by atoms with Crippen molar-refractivity contribution in [3.63, 3.8) is 0 Å². The van der Waals surface area contributed by atoms with E-state index in [-0.39, 0.29) is 12.5 Å². The molecule has 0 aliphatic rings. The van der Waals surface area contributed by atoms with E-state index in [0.717, 1.165) is 11.4 Å². The number of carbonyl (C=O) groups is 2. The Balaban J connectivity index is 2.73. The van der Waals surface area contributed by atoms with Gasteiger partial charge in [0.15, 0.2) is 0 Å². The van der Waals surface area contributed by atoms with Crippen LogP contribution in [0.25, 0.3) is 0 Å². The van der Waals surface area contributed by atoms with Crippen molar-refractivity contribution in [3.8, 4) is 0 Å². The second-order valence-electron chi connectivity index (χ2n) is 4.10. The Labute approximate surface area is 99.8 Å². The summed E-state index contributed by atoms with van der Waals surface area (Å²) >= 11 is 0. The average molecular weight is 239 g/mol. The lowest BCUT2D eigenvalue weighted by molar-refractivity contribution is -0.148. The van der Waals surface area contributed by atoms with Crippen LogP contribution in [0.3, 0.4) is 0 Å². The number of carboxylic acid groups (broad SMARTS) is 1. The minimum atomic E-state index is -1.02. The fourth-order valence-electron chi connectivity index (χ4n) is 1.46. The molecule has 0 aromatic carbocycles. The summed E-state index contributed by atoms with van der Waals surface area (Å²) in [7, 11) is 1.48. The van der Waals surface area contributed by atoms with Gasteiger partial charge in [0.05, 0.1) is 5.69 Å². The molecule has 0 aliphatic heterocycles. The number of hydrogen-bond acceptors (Lipinski definition) is 3. The fourth-order valence-corrected chi connectivity index (χ4v) is 1.46. The summed E-state index contributed by atoms with van der Waals surface area (Å²) < 4.78 is 1.57. The highest BCUT2D eigenvalue weighted by molar-refractivity contribution is 5.83. The first-order valence-electron chi connectivity index (χ1n) is 5.32. The van der Waals surface area contributed by atoms with Gasteiger partial charge in [-0.1, -0.05) is 0 Å². The van der Waals surface area contributed by atoms with Crippen molar-refractivity contribution < 1.29 is 14.7 Å². The van der Waals surface area contributed by atoms with Gasteiger partial charge < -0.3 is 10.0 Å². The molecule has 6 nitrogen and oxygen atoms in total. The zero-order valence-corrected chi connectivity index (χ0v) is 10.5. The Bertz CT molecular complexity index is 439. The van der Waals surface area contributed by atoms with Crippen molar-refractivity contribution >= 4 is 11.9 Å². The lowest BCUT2D eigenvalue weighted by atomic mass is 10.3. The van der Waals surface area contributed by atoms with Crippen LogP contribution in [-0.2, 0) is 16.1 Å². The second-order valence-corrected chi connectivity index (χ2v) is 4.10. The maximum absolute atomic E-state index is 11.8. The van der Waals surface area contributed by atoms with E-state index in [1.165, 1.54) is 18.9 Å². The molecule has 1 aromatic rings. The largest absolute Gasteiger partial charge is 0.480 e. The monoisotopic (exact) mass is 239 g/mol. The number of nitrogens with zero attached hydrogens (tertiary/aromatic N) is 3. The van der Waals surface area contributed by atoms with Gasteiger partial charge in [-0.25, -0.2) is 4.79 Å². The maximum Gasteiger partial charge on any atom is 0.326 e. The first-order chi connectivity index (χ1) is 7.82. The third-order valence-corrected chi connectivity index (χ3v) is 2.72.